The van der Waals surface area contributed by atoms with E-state index in [1.165, 1.54) is 23.9 Å². The third-order valence-electron chi connectivity index (χ3n) is 3.22. The van der Waals surface area contributed by atoms with Crippen molar-refractivity contribution in [1.82, 2.24) is 14.5 Å². The van der Waals surface area contributed by atoms with Crippen molar-refractivity contribution in [2.24, 2.45) is 7.05 Å². The van der Waals surface area contributed by atoms with Gasteiger partial charge in [0, 0.05) is 18.0 Å². The summed E-state index contributed by atoms with van der Waals surface area (Å²) in [4.78, 5) is 7.29. The van der Waals surface area contributed by atoms with Crippen molar-refractivity contribution in [3.05, 3.63) is 41.4 Å². The van der Waals surface area contributed by atoms with Crippen LogP contribution in [0.15, 0.2) is 28.1 Å². The SMILES string of the molecule is CC(C)c1nc(CN(C)C)n(C)c1Sc1cc(F)cc(F)c1. The lowest BCUT2D eigenvalue weighted by Gasteiger charge is -2.11. The summed E-state index contributed by atoms with van der Waals surface area (Å²) in [6, 6.07) is 3.57. The van der Waals surface area contributed by atoms with Gasteiger partial charge >= 0.3 is 0 Å². The zero-order valence-electron chi connectivity index (χ0n) is 13.5. The second-order valence-corrected chi connectivity index (χ2v) is 6.94. The zero-order chi connectivity index (χ0) is 16.4. The predicted molar refractivity (Wildman–Crippen MR) is 85.2 cm³/mol. The molecule has 3 nitrogen and oxygen atoms in total. The minimum atomic E-state index is -0.565. The Morgan fingerprint density at radius 2 is 1.77 bits per heavy atom. The number of benzene rings is 1. The molecule has 2 aromatic rings. The molecule has 1 aromatic carbocycles. The Bertz CT molecular complexity index is 645. The molecule has 0 aliphatic heterocycles. The number of imidazole rings is 1. The van der Waals surface area contributed by atoms with Crippen molar-refractivity contribution in [3.63, 3.8) is 0 Å². The van der Waals surface area contributed by atoms with Crippen LogP contribution in [0.2, 0.25) is 0 Å². The van der Waals surface area contributed by atoms with Gasteiger partial charge in [-0.25, -0.2) is 13.8 Å². The molecule has 0 fully saturated rings. The van der Waals surface area contributed by atoms with E-state index in [1.807, 2.05) is 30.6 Å². The van der Waals surface area contributed by atoms with Gasteiger partial charge in [-0.05, 0) is 32.1 Å². The Balaban J connectivity index is 2.42. The Kier molecular flexibility index (Phi) is 5.24. The Morgan fingerprint density at radius 3 is 2.27 bits per heavy atom. The molecule has 22 heavy (non-hydrogen) atoms. The van der Waals surface area contributed by atoms with E-state index in [4.69, 9.17) is 4.98 Å². The van der Waals surface area contributed by atoms with E-state index < -0.39 is 11.6 Å². The molecule has 0 bridgehead atoms. The molecule has 0 unspecified atom stereocenters. The summed E-state index contributed by atoms with van der Waals surface area (Å²) in [5.74, 6) is 0.0460. The smallest absolute Gasteiger partial charge is 0.127 e. The molecule has 120 valence electrons. The van der Waals surface area contributed by atoms with E-state index in [-0.39, 0.29) is 5.92 Å². The fraction of sp³-hybridized carbons (Fsp3) is 0.438. The van der Waals surface area contributed by atoms with Crippen molar-refractivity contribution >= 4 is 11.8 Å². The maximum Gasteiger partial charge on any atom is 0.127 e. The summed E-state index contributed by atoms with van der Waals surface area (Å²) in [7, 11) is 5.91. The molecule has 2 rings (SSSR count). The summed E-state index contributed by atoms with van der Waals surface area (Å²) >= 11 is 1.35. The van der Waals surface area contributed by atoms with Gasteiger partial charge in [-0.15, -0.1) is 0 Å². The number of rotatable bonds is 5. The molecule has 1 heterocycles. The van der Waals surface area contributed by atoms with Gasteiger partial charge in [-0.2, -0.15) is 0 Å². The van der Waals surface area contributed by atoms with Crippen LogP contribution in [0.3, 0.4) is 0 Å². The molecular weight excluding hydrogens is 304 g/mol. The van der Waals surface area contributed by atoms with Gasteiger partial charge in [-0.1, -0.05) is 25.6 Å². The molecule has 0 amide bonds. The lowest BCUT2D eigenvalue weighted by molar-refractivity contribution is 0.383. The normalized spacial score (nSPS) is 11.7. The summed E-state index contributed by atoms with van der Waals surface area (Å²) in [5.41, 5.74) is 0.953. The summed E-state index contributed by atoms with van der Waals surface area (Å²) in [5, 5.41) is 0.928. The standard InChI is InChI=1S/C16H21F2N3S/c1-10(2)15-16(21(5)14(19-15)9-20(3)4)22-13-7-11(17)6-12(18)8-13/h6-8,10H,9H2,1-5H3. The monoisotopic (exact) mass is 325 g/mol. The van der Waals surface area contributed by atoms with E-state index in [0.29, 0.717) is 11.4 Å². The lowest BCUT2D eigenvalue weighted by atomic mass is 10.2. The highest BCUT2D eigenvalue weighted by Gasteiger charge is 2.19. The molecule has 0 aliphatic carbocycles. The van der Waals surface area contributed by atoms with Gasteiger partial charge in [-0.3, -0.25) is 0 Å². The van der Waals surface area contributed by atoms with E-state index in [1.54, 1.807) is 0 Å². The molecule has 0 saturated carbocycles. The van der Waals surface area contributed by atoms with Crippen molar-refractivity contribution in [3.8, 4) is 0 Å². The first kappa shape index (κ1) is 17.0. The molecule has 1 aromatic heterocycles. The molecule has 0 atom stereocenters. The Labute approximate surface area is 134 Å². The van der Waals surface area contributed by atoms with Gasteiger partial charge in [0.2, 0.25) is 0 Å². The van der Waals surface area contributed by atoms with Gasteiger partial charge in [0.25, 0.3) is 0 Å². The minimum Gasteiger partial charge on any atom is -0.325 e. The molecule has 6 heteroatoms. The quantitative estimate of drug-likeness (QED) is 0.828. The fourth-order valence-electron chi connectivity index (χ4n) is 2.17. The zero-order valence-corrected chi connectivity index (χ0v) is 14.3. The molecule has 0 N–H and O–H groups in total. The molecule has 0 saturated heterocycles. The van der Waals surface area contributed by atoms with E-state index in [2.05, 4.69) is 13.8 Å². The van der Waals surface area contributed by atoms with Gasteiger partial charge in [0.1, 0.15) is 22.5 Å². The maximum atomic E-state index is 13.4. The second-order valence-electron chi connectivity index (χ2n) is 5.88. The largest absolute Gasteiger partial charge is 0.325 e. The van der Waals surface area contributed by atoms with Crippen LogP contribution < -0.4 is 0 Å². The first-order valence-electron chi connectivity index (χ1n) is 7.12. The van der Waals surface area contributed by atoms with Crippen LogP contribution in [-0.4, -0.2) is 28.5 Å². The van der Waals surface area contributed by atoms with Crippen LogP contribution in [0.1, 0.15) is 31.3 Å². The van der Waals surface area contributed by atoms with Crippen molar-refractivity contribution < 1.29 is 8.78 Å². The first-order valence-corrected chi connectivity index (χ1v) is 7.93. The van der Waals surface area contributed by atoms with Crippen LogP contribution in [0.25, 0.3) is 0 Å². The van der Waals surface area contributed by atoms with Gasteiger partial charge < -0.3 is 9.47 Å². The highest BCUT2D eigenvalue weighted by atomic mass is 32.2. The molecule has 0 spiro atoms. The van der Waals surface area contributed by atoms with Crippen LogP contribution in [0.5, 0.6) is 0 Å². The average Bonchev–Trinajstić information content (AvgIpc) is 2.66. The number of hydrogen-bond acceptors (Lipinski definition) is 3. The first-order chi connectivity index (χ1) is 10.3. The fourth-order valence-corrected chi connectivity index (χ4v) is 3.37. The van der Waals surface area contributed by atoms with Crippen LogP contribution in [-0.2, 0) is 13.6 Å². The third-order valence-corrected chi connectivity index (χ3v) is 4.36. The molecular formula is C16H21F2N3S. The van der Waals surface area contributed by atoms with E-state index in [0.717, 1.165) is 22.6 Å². The van der Waals surface area contributed by atoms with Crippen molar-refractivity contribution in [2.75, 3.05) is 14.1 Å². The molecule has 0 radical (unpaired) electrons. The number of aromatic nitrogens is 2. The van der Waals surface area contributed by atoms with Crippen LogP contribution >= 0.6 is 11.8 Å². The summed E-state index contributed by atoms with van der Waals surface area (Å²) < 4.78 is 28.8. The Hall–Kier alpha value is -1.40. The highest BCUT2D eigenvalue weighted by Crippen LogP contribution is 2.35. The third kappa shape index (κ3) is 3.87. The van der Waals surface area contributed by atoms with E-state index in [9.17, 15) is 8.78 Å². The summed E-state index contributed by atoms with van der Waals surface area (Å²) in [6.07, 6.45) is 0. The van der Waals surface area contributed by atoms with Crippen molar-refractivity contribution in [2.45, 2.75) is 36.2 Å². The second kappa shape index (κ2) is 6.79. The van der Waals surface area contributed by atoms with E-state index >= 15 is 0 Å². The minimum absolute atomic E-state index is 0.239. The number of halogens is 2. The Morgan fingerprint density at radius 1 is 1.18 bits per heavy atom. The number of hydrogen-bond donors (Lipinski definition) is 0. The van der Waals surface area contributed by atoms with Gasteiger partial charge in [0.15, 0.2) is 0 Å². The van der Waals surface area contributed by atoms with Crippen LogP contribution in [0, 0.1) is 11.6 Å². The average molecular weight is 325 g/mol. The predicted octanol–water partition coefficient (Wildman–Crippen LogP) is 4.03. The van der Waals surface area contributed by atoms with Crippen LogP contribution in [0.4, 0.5) is 8.78 Å². The number of nitrogens with zero attached hydrogens (tertiary/aromatic N) is 3. The highest BCUT2D eigenvalue weighted by molar-refractivity contribution is 7.99. The lowest BCUT2D eigenvalue weighted by Crippen LogP contribution is -2.14. The topological polar surface area (TPSA) is 21.1 Å². The maximum absolute atomic E-state index is 13.4. The van der Waals surface area contributed by atoms with Crippen molar-refractivity contribution in [1.29, 1.82) is 0 Å². The summed E-state index contributed by atoms with van der Waals surface area (Å²) in [6.45, 7) is 4.85. The molecule has 0 aliphatic rings. The van der Waals surface area contributed by atoms with Gasteiger partial charge in [0.05, 0.1) is 12.2 Å².